The van der Waals surface area contributed by atoms with E-state index in [0.717, 1.165) is 11.1 Å². The van der Waals surface area contributed by atoms with E-state index in [4.69, 9.17) is 16.9 Å². The third-order valence-electron chi connectivity index (χ3n) is 4.88. The van der Waals surface area contributed by atoms with Gasteiger partial charge >= 0.3 is 11.7 Å². The van der Waals surface area contributed by atoms with Gasteiger partial charge in [-0.05, 0) is 31.6 Å². The van der Waals surface area contributed by atoms with Gasteiger partial charge in [-0.25, -0.2) is 4.79 Å². The molecule has 1 heterocycles. The maximum Gasteiger partial charge on any atom is 0.327 e. The minimum absolute atomic E-state index is 0.0487. The predicted molar refractivity (Wildman–Crippen MR) is 121 cm³/mol. The first kappa shape index (κ1) is 24.7. The molecule has 2 rings (SSSR count). The molecule has 11 nitrogen and oxygen atoms in total. The summed E-state index contributed by atoms with van der Waals surface area (Å²) in [5.74, 6) is -0.563. The molecular weight excluding hydrogens is 414 g/mol. The molecule has 0 radical (unpaired) electrons. The Balaban J connectivity index is 2.08. The third-order valence-corrected chi connectivity index (χ3v) is 4.88. The SMILES string of the molecule is COC(=O)Cc1ccc(CN(CCCn2c(N)c(C(=N)N)[nH]c2=O)C(=O)CN(C)C)cc1. The number of nitrogens with one attached hydrogen (secondary N) is 2. The average Bonchev–Trinajstić information content (AvgIpc) is 3.02. The summed E-state index contributed by atoms with van der Waals surface area (Å²) in [6, 6.07) is 7.43. The lowest BCUT2D eigenvalue weighted by molar-refractivity contribution is -0.139. The normalized spacial score (nSPS) is 10.9. The van der Waals surface area contributed by atoms with Crippen LogP contribution in [0, 0.1) is 5.41 Å². The number of carbonyl (C=O) groups is 2. The molecule has 1 aromatic heterocycles. The number of methoxy groups -OCH3 is 1. The first-order valence-electron chi connectivity index (χ1n) is 10.1. The van der Waals surface area contributed by atoms with Crippen molar-refractivity contribution in [3.8, 4) is 0 Å². The number of amidine groups is 1. The minimum atomic E-state index is -0.444. The molecule has 0 aliphatic rings. The summed E-state index contributed by atoms with van der Waals surface area (Å²) in [4.78, 5) is 42.3. The number of rotatable bonds is 11. The second-order valence-corrected chi connectivity index (χ2v) is 7.73. The molecule has 2 aromatic rings. The van der Waals surface area contributed by atoms with Crippen LogP contribution in [0.5, 0.6) is 0 Å². The minimum Gasteiger partial charge on any atom is -0.469 e. The number of imidazole rings is 1. The highest BCUT2D eigenvalue weighted by Gasteiger charge is 2.17. The third kappa shape index (κ3) is 6.71. The highest BCUT2D eigenvalue weighted by atomic mass is 16.5. The van der Waals surface area contributed by atoms with Crippen LogP contribution in [0.4, 0.5) is 5.82 Å². The van der Waals surface area contributed by atoms with Crippen LogP contribution in [0.25, 0.3) is 0 Å². The van der Waals surface area contributed by atoms with Gasteiger partial charge in [0.1, 0.15) is 17.3 Å². The van der Waals surface area contributed by atoms with Crippen molar-refractivity contribution in [2.75, 3.05) is 40.0 Å². The van der Waals surface area contributed by atoms with Crippen molar-refractivity contribution in [2.45, 2.75) is 25.9 Å². The van der Waals surface area contributed by atoms with Gasteiger partial charge in [0.25, 0.3) is 0 Å². The zero-order valence-corrected chi connectivity index (χ0v) is 18.7. The number of aromatic amines is 1. The van der Waals surface area contributed by atoms with Crippen LogP contribution < -0.4 is 17.2 Å². The van der Waals surface area contributed by atoms with E-state index < -0.39 is 5.69 Å². The number of nitrogens with two attached hydrogens (primary N) is 2. The maximum absolute atomic E-state index is 12.8. The Labute approximate surface area is 186 Å². The number of anilines is 1. The van der Waals surface area contributed by atoms with Gasteiger partial charge in [0.05, 0.1) is 20.1 Å². The smallest absolute Gasteiger partial charge is 0.327 e. The first-order chi connectivity index (χ1) is 15.1. The van der Waals surface area contributed by atoms with Crippen molar-refractivity contribution in [3.63, 3.8) is 0 Å². The van der Waals surface area contributed by atoms with E-state index in [-0.39, 0.29) is 48.7 Å². The summed E-state index contributed by atoms with van der Waals surface area (Å²) in [6.07, 6.45) is 0.675. The van der Waals surface area contributed by atoms with Gasteiger partial charge in [0.2, 0.25) is 5.91 Å². The molecule has 0 atom stereocenters. The van der Waals surface area contributed by atoms with Gasteiger partial charge < -0.3 is 31.0 Å². The zero-order valence-electron chi connectivity index (χ0n) is 18.7. The standard InChI is InChI=1S/C21H31N7O4/c1-26(2)13-16(29)27(12-15-7-5-14(6-8-15)11-17(30)32-3)9-4-10-28-20(24)18(19(22)23)25-21(28)31/h5-8H,4,9-13,24H2,1-3H3,(H3,22,23)(H,25,31). The zero-order chi connectivity index (χ0) is 23.8. The highest BCUT2D eigenvalue weighted by Crippen LogP contribution is 2.11. The number of benzene rings is 1. The van der Waals surface area contributed by atoms with E-state index in [1.54, 1.807) is 9.80 Å². The second-order valence-electron chi connectivity index (χ2n) is 7.73. The Morgan fingerprint density at radius 2 is 1.81 bits per heavy atom. The highest BCUT2D eigenvalue weighted by molar-refractivity contribution is 5.97. The summed E-state index contributed by atoms with van der Waals surface area (Å²) < 4.78 is 5.99. The monoisotopic (exact) mass is 445 g/mol. The van der Waals surface area contributed by atoms with Gasteiger partial charge in [-0.15, -0.1) is 0 Å². The van der Waals surface area contributed by atoms with Crippen LogP contribution in [0.15, 0.2) is 29.1 Å². The summed E-state index contributed by atoms with van der Waals surface area (Å²) in [6.45, 7) is 1.32. The molecule has 174 valence electrons. The quantitative estimate of drug-likeness (QED) is 0.210. The Kier molecular flexibility index (Phi) is 8.59. The van der Waals surface area contributed by atoms with Crippen molar-refractivity contribution in [1.82, 2.24) is 19.4 Å². The molecule has 0 bridgehead atoms. The summed E-state index contributed by atoms with van der Waals surface area (Å²) in [5, 5.41) is 7.47. The predicted octanol–water partition coefficient (Wildman–Crippen LogP) is -0.261. The van der Waals surface area contributed by atoms with E-state index in [2.05, 4.69) is 9.72 Å². The number of ether oxygens (including phenoxy) is 1. The van der Waals surface area contributed by atoms with Gasteiger partial charge in [-0.2, -0.15) is 0 Å². The van der Waals surface area contributed by atoms with Crippen molar-refractivity contribution in [3.05, 3.63) is 51.6 Å². The van der Waals surface area contributed by atoms with E-state index in [0.29, 0.717) is 19.5 Å². The summed E-state index contributed by atoms with van der Waals surface area (Å²) in [5.41, 5.74) is 12.8. The van der Waals surface area contributed by atoms with Crippen LogP contribution in [0.3, 0.4) is 0 Å². The molecule has 0 fully saturated rings. The van der Waals surface area contributed by atoms with Crippen LogP contribution in [0.2, 0.25) is 0 Å². The van der Waals surface area contributed by atoms with Crippen molar-refractivity contribution in [1.29, 1.82) is 5.41 Å². The fourth-order valence-electron chi connectivity index (χ4n) is 3.21. The number of carbonyl (C=O) groups excluding carboxylic acids is 2. The van der Waals surface area contributed by atoms with Crippen molar-refractivity contribution < 1.29 is 14.3 Å². The molecule has 32 heavy (non-hydrogen) atoms. The number of likely N-dealkylation sites (N-methyl/N-ethyl adjacent to an activating group) is 1. The molecule has 0 saturated heterocycles. The van der Waals surface area contributed by atoms with Crippen LogP contribution in [-0.4, -0.2) is 71.4 Å². The molecule has 6 N–H and O–H groups in total. The molecule has 11 heteroatoms. The number of hydrogen-bond acceptors (Lipinski definition) is 7. The molecular formula is C21H31N7O4. The lowest BCUT2D eigenvalue weighted by atomic mass is 10.1. The van der Waals surface area contributed by atoms with E-state index >= 15 is 0 Å². The Morgan fingerprint density at radius 1 is 1.19 bits per heavy atom. The molecule has 0 unspecified atom stereocenters. The summed E-state index contributed by atoms with van der Waals surface area (Å²) >= 11 is 0. The van der Waals surface area contributed by atoms with E-state index in [1.165, 1.54) is 11.7 Å². The first-order valence-corrected chi connectivity index (χ1v) is 10.1. The van der Waals surface area contributed by atoms with Crippen LogP contribution >= 0.6 is 0 Å². The van der Waals surface area contributed by atoms with Gasteiger partial charge in [-0.3, -0.25) is 19.6 Å². The lowest BCUT2D eigenvalue weighted by Crippen LogP contribution is -2.38. The number of hydrogen-bond donors (Lipinski definition) is 4. The average molecular weight is 446 g/mol. The van der Waals surface area contributed by atoms with Crippen LogP contribution in [0.1, 0.15) is 23.2 Å². The largest absolute Gasteiger partial charge is 0.469 e. The van der Waals surface area contributed by atoms with Gasteiger partial charge in [-0.1, -0.05) is 24.3 Å². The fourth-order valence-corrected chi connectivity index (χ4v) is 3.21. The van der Waals surface area contributed by atoms with E-state index in [1.807, 2.05) is 38.4 Å². The number of nitrogens with zero attached hydrogens (tertiary/aromatic N) is 3. The topological polar surface area (TPSA) is 164 Å². The number of aromatic nitrogens is 2. The van der Waals surface area contributed by atoms with Gasteiger partial charge in [0.15, 0.2) is 0 Å². The number of amides is 1. The number of esters is 1. The fraction of sp³-hybridized carbons (Fsp3) is 0.429. The van der Waals surface area contributed by atoms with Crippen molar-refractivity contribution >= 4 is 23.5 Å². The maximum atomic E-state index is 12.8. The Bertz CT molecular complexity index is 1010. The molecule has 1 aromatic carbocycles. The van der Waals surface area contributed by atoms with E-state index in [9.17, 15) is 14.4 Å². The van der Waals surface area contributed by atoms with Crippen molar-refractivity contribution in [2.24, 2.45) is 5.73 Å². The Morgan fingerprint density at radius 3 is 2.34 bits per heavy atom. The lowest BCUT2D eigenvalue weighted by Gasteiger charge is -2.25. The molecule has 0 saturated carbocycles. The second kappa shape index (κ2) is 11.1. The van der Waals surface area contributed by atoms with Crippen LogP contribution in [-0.2, 0) is 33.8 Å². The number of H-pyrrole nitrogens is 1. The molecule has 0 aliphatic heterocycles. The molecule has 0 aliphatic carbocycles. The summed E-state index contributed by atoms with van der Waals surface area (Å²) in [7, 11) is 4.99. The van der Waals surface area contributed by atoms with Gasteiger partial charge in [0, 0.05) is 19.6 Å². The molecule has 0 spiro atoms. The Hall–Kier alpha value is -3.60. The molecule has 1 amide bonds. The number of nitrogen functional groups attached to an aromatic ring is 2.